The SMILES string of the molecule is CCCCC(=O)Oc1c(OCCNC(=O)c2ccc(-c3ccccc3)nc2)cccc1Oc1ccc(C(C)C)cc1. The summed E-state index contributed by atoms with van der Waals surface area (Å²) in [6.07, 6.45) is 3.45. The Morgan fingerprint density at radius 1 is 0.878 bits per heavy atom. The Morgan fingerprint density at radius 2 is 1.63 bits per heavy atom. The van der Waals surface area contributed by atoms with Crippen LogP contribution in [0.2, 0.25) is 0 Å². The molecule has 0 saturated heterocycles. The van der Waals surface area contributed by atoms with Crippen molar-refractivity contribution in [3.8, 4) is 34.3 Å². The van der Waals surface area contributed by atoms with Crippen molar-refractivity contribution in [3.63, 3.8) is 0 Å². The van der Waals surface area contributed by atoms with E-state index in [1.807, 2.05) is 67.6 Å². The van der Waals surface area contributed by atoms with Gasteiger partial charge in [-0.25, -0.2) is 0 Å². The molecule has 1 N–H and O–H groups in total. The fraction of sp³-hybridized carbons (Fsp3) is 0.265. The number of carbonyl (C=O) groups excluding carboxylic acids is 2. The van der Waals surface area contributed by atoms with Crippen molar-refractivity contribution in [2.45, 2.75) is 46.0 Å². The number of hydrogen-bond donors (Lipinski definition) is 1. The van der Waals surface area contributed by atoms with Gasteiger partial charge in [0.25, 0.3) is 5.91 Å². The minimum atomic E-state index is -0.359. The van der Waals surface area contributed by atoms with Crippen LogP contribution in [0.4, 0.5) is 0 Å². The third-order valence-electron chi connectivity index (χ3n) is 6.41. The van der Waals surface area contributed by atoms with Crippen LogP contribution in [-0.2, 0) is 4.79 Å². The quantitative estimate of drug-likeness (QED) is 0.105. The first-order chi connectivity index (χ1) is 19.9. The van der Waals surface area contributed by atoms with Crippen LogP contribution in [-0.4, -0.2) is 30.0 Å². The zero-order chi connectivity index (χ0) is 29.0. The van der Waals surface area contributed by atoms with Gasteiger partial charge in [0.1, 0.15) is 12.4 Å². The van der Waals surface area contributed by atoms with E-state index in [0.29, 0.717) is 35.2 Å². The molecule has 3 aromatic carbocycles. The summed E-state index contributed by atoms with van der Waals surface area (Å²) in [6, 6.07) is 26.4. The van der Waals surface area contributed by atoms with Crippen LogP contribution in [0.15, 0.2) is 91.1 Å². The van der Waals surface area contributed by atoms with Crippen LogP contribution in [0.25, 0.3) is 11.3 Å². The maximum Gasteiger partial charge on any atom is 0.311 e. The molecule has 0 aliphatic carbocycles. The largest absolute Gasteiger partial charge is 0.488 e. The van der Waals surface area contributed by atoms with Crippen molar-refractivity contribution in [1.29, 1.82) is 0 Å². The van der Waals surface area contributed by atoms with Crippen molar-refractivity contribution in [2.24, 2.45) is 0 Å². The Hall–Kier alpha value is -4.65. The molecule has 7 nitrogen and oxygen atoms in total. The molecule has 0 aliphatic rings. The summed E-state index contributed by atoms with van der Waals surface area (Å²) in [5.74, 6) is 1.36. The van der Waals surface area contributed by atoms with Gasteiger partial charge in [0.15, 0.2) is 11.5 Å². The van der Waals surface area contributed by atoms with E-state index in [1.54, 1.807) is 30.5 Å². The average molecular weight is 553 g/mol. The second kappa shape index (κ2) is 14.7. The number of unbranched alkanes of at least 4 members (excludes halogenated alkanes) is 1. The number of benzene rings is 3. The van der Waals surface area contributed by atoms with E-state index in [1.165, 1.54) is 5.56 Å². The van der Waals surface area contributed by atoms with Gasteiger partial charge >= 0.3 is 5.97 Å². The molecule has 1 aromatic heterocycles. The Kier molecular flexibility index (Phi) is 10.5. The molecular weight excluding hydrogens is 516 g/mol. The first-order valence-corrected chi connectivity index (χ1v) is 14.0. The average Bonchev–Trinajstić information content (AvgIpc) is 3.00. The molecule has 0 fully saturated rings. The number of amides is 1. The topological polar surface area (TPSA) is 86.8 Å². The summed E-state index contributed by atoms with van der Waals surface area (Å²) < 4.78 is 17.8. The lowest BCUT2D eigenvalue weighted by molar-refractivity contribution is -0.134. The van der Waals surface area contributed by atoms with E-state index in [4.69, 9.17) is 14.2 Å². The van der Waals surface area contributed by atoms with Crippen LogP contribution >= 0.6 is 0 Å². The van der Waals surface area contributed by atoms with Crippen molar-refractivity contribution >= 4 is 11.9 Å². The number of para-hydroxylation sites is 1. The first-order valence-electron chi connectivity index (χ1n) is 14.0. The van der Waals surface area contributed by atoms with Crippen molar-refractivity contribution in [2.75, 3.05) is 13.2 Å². The van der Waals surface area contributed by atoms with E-state index < -0.39 is 0 Å². The Morgan fingerprint density at radius 3 is 2.32 bits per heavy atom. The molecule has 212 valence electrons. The number of ether oxygens (including phenoxy) is 3. The molecule has 41 heavy (non-hydrogen) atoms. The molecule has 0 radical (unpaired) electrons. The van der Waals surface area contributed by atoms with E-state index in [9.17, 15) is 9.59 Å². The highest BCUT2D eigenvalue weighted by Crippen LogP contribution is 2.40. The minimum absolute atomic E-state index is 0.160. The van der Waals surface area contributed by atoms with Gasteiger partial charge in [-0.2, -0.15) is 0 Å². The van der Waals surface area contributed by atoms with Crippen molar-refractivity contribution < 1.29 is 23.8 Å². The second-order valence-electron chi connectivity index (χ2n) is 9.89. The van der Waals surface area contributed by atoms with Crippen LogP contribution in [0, 0.1) is 0 Å². The highest BCUT2D eigenvalue weighted by Gasteiger charge is 2.18. The monoisotopic (exact) mass is 552 g/mol. The Balaban J connectivity index is 1.40. The lowest BCUT2D eigenvalue weighted by atomic mass is 10.0. The maximum atomic E-state index is 12.6. The lowest BCUT2D eigenvalue weighted by Gasteiger charge is -2.16. The van der Waals surface area contributed by atoms with E-state index in [0.717, 1.165) is 24.1 Å². The summed E-state index contributed by atoms with van der Waals surface area (Å²) in [4.78, 5) is 29.6. The zero-order valence-electron chi connectivity index (χ0n) is 23.8. The van der Waals surface area contributed by atoms with Gasteiger partial charge in [-0.3, -0.25) is 14.6 Å². The van der Waals surface area contributed by atoms with Crippen molar-refractivity contribution in [3.05, 3.63) is 102 Å². The summed E-state index contributed by atoms with van der Waals surface area (Å²) in [7, 11) is 0. The van der Waals surface area contributed by atoms with Crippen molar-refractivity contribution in [1.82, 2.24) is 10.3 Å². The number of pyridine rings is 1. The summed E-state index contributed by atoms with van der Waals surface area (Å²) in [5, 5.41) is 2.84. The molecule has 0 unspecified atom stereocenters. The number of carbonyl (C=O) groups is 2. The number of hydrogen-bond acceptors (Lipinski definition) is 6. The van der Waals surface area contributed by atoms with E-state index >= 15 is 0 Å². The van der Waals surface area contributed by atoms with E-state index in [-0.39, 0.29) is 30.8 Å². The highest BCUT2D eigenvalue weighted by molar-refractivity contribution is 5.94. The summed E-state index contributed by atoms with van der Waals surface area (Å²) in [5.41, 5.74) is 3.43. The molecule has 0 atom stereocenters. The summed E-state index contributed by atoms with van der Waals surface area (Å²) >= 11 is 0. The zero-order valence-corrected chi connectivity index (χ0v) is 23.8. The number of esters is 1. The number of rotatable bonds is 13. The number of nitrogens with one attached hydrogen (secondary N) is 1. The van der Waals surface area contributed by atoms with Gasteiger partial charge in [-0.15, -0.1) is 0 Å². The van der Waals surface area contributed by atoms with Gasteiger partial charge in [0, 0.05) is 18.2 Å². The van der Waals surface area contributed by atoms with Gasteiger partial charge in [0.2, 0.25) is 5.75 Å². The minimum Gasteiger partial charge on any atom is -0.488 e. The third-order valence-corrected chi connectivity index (χ3v) is 6.41. The van der Waals surface area contributed by atoms with Gasteiger partial charge in [-0.1, -0.05) is 75.7 Å². The molecule has 4 aromatic rings. The predicted molar refractivity (Wildman–Crippen MR) is 160 cm³/mol. The van der Waals surface area contributed by atoms with Gasteiger partial charge in [0.05, 0.1) is 17.8 Å². The van der Waals surface area contributed by atoms with Crippen LogP contribution < -0.4 is 19.5 Å². The molecule has 0 bridgehead atoms. The number of nitrogens with zero attached hydrogens (tertiary/aromatic N) is 1. The predicted octanol–water partition coefficient (Wildman–Crippen LogP) is 7.57. The molecule has 4 rings (SSSR count). The van der Waals surface area contributed by atoms with Gasteiger partial charge in [-0.05, 0) is 54.3 Å². The fourth-order valence-electron chi connectivity index (χ4n) is 4.06. The molecular formula is C34H36N2O5. The van der Waals surface area contributed by atoms with Crippen LogP contribution in [0.1, 0.15) is 61.9 Å². The standard InChI is InChI=1S/C34H36N2O5/c1-4-5-14-32(37)41-33-30(12-9-13-31(33)40-28-18-15-25(16-19-28)24(2)3)39-22-21-35-34(38)27-17-20-29(36-23-27)26-10-7-6-8-11-26/h6-13,15-20,23-24H,4-5,14,21-22H2,1-3H3,(H,35,38). The molecule has 0 saturated carbocycles. The smallest absolute Gasteiger partial charge is 0.311 e. The van der Waals surface area contributed by atoms with Crippen LogP contribution in [0.5, 0.6) is 23.0 Å². The summed E-state index contributed by atoms with van der Waals surface area (Å²) in [6.45, 7) is 6.68. The molecule has 0 aliphatic heterocycles. The molecule has 1 heterocycles. The number of aromatic nitrogens is 1. The Bertz CT molecular complexity index is 1420. The highest BCUT2D eigenvalue weighted by atomic mass is 16.6. The lowest BCUT2D eigenvalue weighted by Crippen LogP contribution is -2.28. The van der Waals surface area contributed by atoms with E-state index in [2.05, 4.69) is 24.1 Å². The molecule has 7 heteroatoms. The Labute approximate surface area is 241 Å². The molecule has 0 spiro atoms. The third kappa shape index (κ3) is 8.42. The fourth-order valence-corrected chi connectivity index (χ4v) is 4.06. The second-order valence-corrected chi connectivity index (χ2v) is 9.89. The maximum absolute atomic E-state index is 12.6. The van der Waals surface area contributed by atoms with Gasteiger partial charge < -0.3 is 19.5 Å². The normalized spacial score (nSPS) is 10.7. The molecule has 1 amide bonds. The van der Waals surface area contributed by atoms with Crippen LogP contribution in [0.3, 0.4) is 0 Å². The first kappa shape index (κ1) is 29.3.